The molecule has 0 aromatic carbocycles. The van der Waals surface area contributed by atoms with Gasteiger partial charge in [0.2, 0.25) is 5.91 Å². The molecule has 0 bridgehead atoms. The molecule has 0 radical (unpaired) electrons. The zero-order valence-electron chi connectivity index (χ0n) is 10.2. The molecule has 0 fully saturated rings. The van der Waals surface area contributed by atoms with Gasteiger partial charge < -0.3 is 10.4 Å². The fourth-order valence-corrected chi connectivity index (χ4v) is 1.27. The second-order valence-electron chi connectivity index (χ2n) is 3.84. The zero-order valence-corrected chi connectivity index (χ0v) is 10.2. The van der Waals surface area contributed by atoms with Crippen LogP contribution in [0.25, 0.3) is 0 Å². The number of carboxylic acids is 1. The number of rotatable bonds is 8. The Labute approximate surface area is 101 Å². The topological polar surface area (TPSA) is 83.5 Å². The number of allylic oxidation sites excluding steroid dienone is 1. The minimum absolute atomic E-state index is 0.252. The van der Waals surface area contributed by atoms with Gasteiger partial charge in [-0.25, -0.2) is 4.79 Å². The molecule has 17 heavy (non-hydrogen) atoms. The van der Waals surface area contributed by atoms with E-state index in [1.807, 2.05) is 6.92 Å². The largest absolute Gasteiger partial charge is 0.480 e. The molecule has 0 aromatic rings. The lowest BCUT2D eigenvalue weighted by Gasteiger charge is -2.12. The van der Waals surface area contributed by atoms with Crippen LogP contribution >= 0.6 is 0 Å². The lowest BCUT2D eigenvalue weighted by Crippen LogP contribution is -2.39. The van der Waals surface area contributed by atoms with E-state index in [2.05, 4.69) is 5.32 Å². The predicted molar refractivity (Wildman–Crippen MR) is 63.5 cm³/mol. The van der Waals surface area contributed by atoms with E-state index < -0.39 is 17.9 Å². The number of carboxylic acid groups (broad SMARTS) is 1. The highest BCUT2D eigenvalue weighted by Crippen LogP contribution is 2.03. The van der Waals surface area contributed by atoms with Gasteiger partial charge in [-0.15, -0.1) is 0 Å². The van der Waals surface area contributed by atoms with Gasteiger partial charge in [0.1, 0.15) is 6.04 Å². The van der Waals surface area contributed by atoms with Crippen LogP contribution in [0.2, 0.25) is 0 Å². The first kappa shape index (κ1) is 15.3. The van der Waals surface area contributed by atoms with Gasteiger partial charge in [-0.05, 0) is 19.4 Å². The molecule has 0 aliphatic rings. The normalized spacial score (nSPS) is 12.4. The highest BCUT2D eigenvalue weighted by Gasteiger charge is 2.17. The number of nitrogens with one attached hydrogen (secondary N) is 1. The Hall–Kier alpha value is -1.65. The molecule has 5 heteroatoms. The lowest BCUT2D eigenvalue weighted by atomic mass is 10.1. The Balaban J connectivity index is 4.20. The smallest absolute Gasteiger partial charge is 0.326 e. The third-order valence-electron chi connectivity index (χ3n) is 2.18. The Kier molecular flexibility index (Phi) is 7.67. The number of aliphatic carboxylic acids is 1. The molecule has 1 amide bonds. The van der Waals surface area contributed by atoms with Crippen LogP contribution in [0.15, 0.2) is 12.2 Å². The quantitative estimate of drug-likeness (QED) is 0.495. The Morgan fingerprint density at radius 1 is 1.24 bits per heavy atom. The summed E-state index contributed by atoms with van der Waals surface area (Å²) < 4.78 is 0. The number of carbonyl (C=O) groups excluding carboxylic acids is 2. The number of hydrogen-bond acceptors (Lipinski definition) is 3. The summed E-state index contributed by atoms with van der Waals surface area (Å²) in [5.41, 5.74) is 0. The van der Waals surface area contributed by atoms with E-state index in [1.54, 1.807) is 0 Å². The third kappa shape index (κ3) is 8.19. The highest BCUT2D eigenvalue weighted by molar-refractivity contribution is 5.97. The average molecular weight is 241 g/mol. The molecule has 1 atom stereocenters. The van der Waals surface area contributed by atoms with Gasteiger partial charge in [0.25, 0.3) is 0 Å². The molecular weight excluding hydrogens is 222 g/mol. The maximum atomic E-state index is 11.3. The van der Waals surface area contributed by atoms with E-state index in [1.165, 1.54) is 6.92 Å². The molecule has 2 N–H and O–H groups in total. The molecular formula is C12H19NO4. The molecule has 0 aliphatic carbocycles. The summed E-state index contributed by atoms with van der Waals surface area (Å²) in [5.74, 6) is -1.85. The summed E-state index contributed by atoms with van der Waals surface area (Å²) in [7, 11) is 0. The first-order valence-corrected chi connectivity index (χ1v) is 5.69. The van der Waals surface area contributed by atoms with Crippen molar-refractivity contribution in [2.75, 3.05) is 0 Å². The second-order valence-corrected chi connectivity index (χ2v) is 3.84. The van der Waals surface area contributed by atoms with Crippen molar-refractivity contribution in [2.24, 2.45) is 0 Å². The Morgan fingerprint density at radius 3 is 2.35 bits per heavy atom. The first-order chi connectivity index (χ1) is 7.97. The van der Waals surface area contributed by atoms with E-state index in [4.69, 9.17) is 5.11 Å². The molecule has 0 aliphatic heterocycles. The van der Waals surface area contributed by atoms with Gasteiger partial charge in [0.05, 0.1) is 0 Å². The molecule has 0 saturated heterocycles. The van der Waals surface area contributed by atoms with Gasteiger partial charge >= 0.3 is 5.97 Å². The number of hydrogen-bond donors (Lipinski definition) is 2. The fourth-order valence-electron chi connectivity index (χ4n) is 1.27. The van der Waals surface area contributed by atoms with Crippen LogP contribution in [-0.2, 0) is 14.4 Å². The molecule has 0 spiro atoms. The number of ketones is 1. The predicted octanol–water partition coefficient (Wildman–Crippen LogP) is 1.28. The Morgan fingerprint density at radius 2 is 1.88 bits per heavy atom. The van der Waals surface area contributed by atoms with Crippen molar-refractivity contribution in [3.05, 3.63) is 12.2 Å². The maximum absolute atomic E-state index is 11.3. The van der Waals surface area contributed by atoms with E-state index >= 15 is 0 Å². The van der Waals surface area contributed by atoms with Crippen LogP contribution in [0.1, 0.15) is 39.5 Å². The van der Waals surface area contributed by atoms with Crippen LogP contribution in [0.3, 0.4) is 0 Å². The summed E-state index contributed by atoms with van der Waals surface area (Å²) in [6.07, 6.45) is 5.25. The van der Waals surface area contributed by atoms with Crippen LogP contribution in [0, 0.1) is 0 Å². The average Bonchev–Trinajstić information content (AvgIpc) is 2.25. The van der Waals surface area contributed by atoms with E-state index in [0.29, 0.717) is 6.42 Å². The van der Waals surface area contributed by atoms with E-state index in [0.717, 1.165) is 31.4 Å². The number of amides is 1. The summed E-state index contributed by atoms with van der Waals surface area (Å²) in [5, 5.41) is 11.2. The third-order valence-corrected chi connectivity index (χ3v) is 2.18. The van der Waals surface area contributed by atoms with Crippen LogP contribution in [0.5, 0.6) is 0 Å². The molecule has 5 nitrogen and oxygen atoms in total. The molecule has 0 unspecified atom stereocenters. The van der Waals surface area contributed by atoms with Crippen LogP contribution in [0.4, 0.5) is 0 Å². The molecule has 0 aromatic heterocycles. The van der Waals surface area contributed by atoms with Crippen molar-refractivity contribution in [1.29, 1.82) is 0 Å². The number of carbonyl (C=O) groups is 3. The van der Waals surface area contributed by atoms with E-state index in [-0.39, 0.29) is 5.78 Å². The van der Waals surface area contributed by atoms with Gasteiger partial charge in [-0.3, -0.25) is 9.59 Å². The van der Waals surface area contributed by atoms with Crippen LogP contribution < -0.4 is 5.32 Å². The highest BCUT2D eigenvalue weighted by atomic mass is 16.4. The van der Waals surface area contributed by atoms with Crippen molar-refractivity contribution in [2.45, 2.75) is 45.6 Å². The summed E-state index contributed by atoms with van der Waals surface area (Å²) in [6.45, 7) is 3.34. The summed E-state index contributed by atoms with van der Waals surface area (Å²) in [6, 6.07) is -0.884. The Bertz CT molecular complexity index is 310. The maximum Gasteiger partial charge on any atom is 0.326 e. The molecule has 0 rings (SSSR count). The van der Waals surface area contributed by atoms with Gasteiger partial charge in [0, 0.05) is 6.08 Å². The van der Waals surface area contributed by atoms with Crippen LogP contribution in [-0.4, -0.2) is 28.8 Å². The summed E-state index contributed by atoms with van der Waals surface area (Å²) in [4.78, 5) is 32.7. The zero-order chi connectivity index (χ0) is 13.3. The minimum atomic E-state index is -1.05. The van der Waals surface area contributed by atoms with E-state index in [9.17, 15) is 14.4 Å². The SMILES string of the molecule is CCCCC[C@@H](NC(=O)/C=C/C(C)=O)C(=O)O. The van der Waals surface area contributed by atoms with Crippen molar-refractivity contribution >= 4 is 17.7 Å². The minimum Gasteiger partial charge on any atom is -0.480 e. The molecule has 0 heterocycles. The van der Waals surface area contributed by atoms with Crippen molar-refractivity contribution in [1.82, 2.24) is 5.32 Å². The lowest BCUT2D eigenvalue weighted by molar-refractivity contribution is -0.141. The van der Waals surface area contributed by atoms with Gasteiger partial charge in [-0.2, -0.15) is 0 Å². The second kappa shape index (κ2) is 8.50. The molecule has 0 saturated carbocycles. The van der Waals surface area contributed by atoms with Crippen molar-refractivity contribution in [3.63, 3.8) is 0 Å². The number of unbranched alkanes of at least 4 members (excludes halogenated alkanes) is 2. The standard InChI is InChI=1S/C12H19NO4/c1-3-4-5-6-10(12(16)17)13-11(15)8-7-9(2)14/h7-8,10H,3-6H2,1-2H3,(H,13,15)(H,16,17)/b8-7+/t10-/m1/s1. The first-order valence-electron chi connectivity index (χ1n) is 5.69. The van der Waals surface area contributed by atoms with Crippen molar-refractivity contribution < 1.29 is 19.5 Å². The fraction of sp³-hybridized carbons (Fsp3) is 0.583. The monoisotopic (exact) mass is 241 g/mol. The summed E-state index contributed by atoms with van der Waals surface area (Å²) >= 11 is 0. The molecule has 96 valence electrons. The van der Waals surface area contributed by atoms with Gasteiger partial charge in [0.15, 0.2) is 5.78 Å². The van der Waals surface area contributed by atoms with Crippen molar-refractivity contribution in [3.8, 4) is 0 Å². The van der Waals surface area contributed by atoms with Gasteiger partial charge in [-0.1, -0.05) is 26.2 Å².